The number of hydrogen-bond donors (Lipinski definition) is 1. The standard InChI is InChI=1S/C12H13BrN2OS2/c1-15-11(8(13)5-14-15)12(16)10-4-7-6-17-3-2-9(7)18-10/h4-5,12,16H,2-3,6H2,1H3. The van der Waals surface area contributed by atoms with Gasteiger partial charge in [-0.1, -0.05) is 0 Å². The van der Waals surface area contributed by atoms with E-state index in [-0.39, 0.29) is 0 Å². The number of aromatic nitrogens is 2. The van der Waals surface area contributed by atoms with E-state index < -0.39 is 6.10 Å². The summed E-state index contributed by atoms with van der Waals surface area (Å²) in [5.74, 6) is 2.27. The summed E-state index contributed by atoms with van der Waals surface area (Å²) in [5.41, 5.74) is 2.21. The minimum absolute atomic E-state index is 0.590. The highest BCUT2D eigenvalue weighted by Gasteiger charge is 2.22. The molecule has 1 aliphatic heterocycles. The molecule has 1 N–H and O–H groups in total. The molecule has 1 atom stereocenters. The van der Waals surface area contributed by atoms with Crippen LogP contribution < -0.4 is 0 Å². The summed E-state index contributed by atoms with van der Waals surface area (Å²) in [5, 5.41) is 14.7. The highest BCUT2D eigenvalue weighted by molar-refractivity contribution is 9.10. The van der Waals surface area contributed by atoms with Crippen LogP contribution in [0.3, 0.4) is 0 Å². The van der Waals surface area contributed by atoms with Crippen LogP contribution in [0.2, 0.25) is 0 Å². The van der Waals surface area contributed by atoms with Crippen molar-refractivity contribution in [3.05, 3.63) is 37.7 Å². The van der Waals surface area contributed by atoms with Gasteiger partial charge in [-0.05, 0) is 39.7 Å². The van der Waals surface area contributed by atoms with Crippen molar-refractivity contribution in [3.63, 3.8) is 0 Å². The first-order valence-electron chi connectivity index (χ1n) is 5.71. The van der Waals surface area contributed by atoms with Gasteiger partial charge in [-0.25, -0.2) is 0 Å². The maximum atomic E-state index is 10.5. The lowest BCUT2D eigenvalue weighted by molar-refractivity contribution is 0.212. The molecule has 6 heteroatoms. The van der Waals surface area contributed by atoms with Crippen LogP contribution in [0, 0.1) is 0 Å². The second kappa shape index (κ2) is 5.00. The van der Waals surface area contributed by atoms with Crippen LogP contribution in [0.1, 0.15) is 27.1 Å². The number of halogens is 1. The molecule has 0 spiro atoms. The molecule has 0 saturated heterocycles. The first kappa shape index (κ1) is 12.7. The van der Waals surface area contributed by atoms with Crippen LogP contribution in [0.25, 0.3) is 0 Å². The molecule has 0 aromatic carbocycles. The number of fused-ring (bicyclic) bond motifs is 1. The molecule has 0 aliphatic carbocycles. The van der Waals surface area contributed by atoms with Crippen molar-refractivity contribution < 1.29 is 5.11 Å². The van der Waals surface area contributed by atoms with Crippen molar-refractivity contribution in [3.8, 4) is 0 Å². The van der Waals surface area contributed by atoms with Gasteiger partial charge >= 0.3 is 0 Å². The van der Waals surface area contributed by atoms with E-state index in [1.165, 1.54) is 16.2 Å². The third-order valence-corrected chi connectivity index (χ3v) is 6.02. The third-order valence-electron chi connectivity index (χ3n) is 3.11. The predicted molar refractivity (Wildman–Crippen MR) is 79.2 cm³/mol. The fraction of sp³-hybridized carbons (Fsp3) is 0.417. The van der Waals surface area contributed by atoms with Crippen LogP contribution in [-0.4, -0.2) is 20.6 Å². The molecule has 18 heavy (non-hydrogen) atoms. The molecule has 2 aromatic heterocycles. The van der Waals surface area contributed by atoms with Gasteiger partial charge in [0.2, 0.25) is 0 Å². The predicted octanol–water partition coefficient (Wildman–Crippen LogP) is 3.12. The van der Waals surface area contributed by atoms with Gasteiger partial charge < -0.3 is 5.11 Å². The van der Waals surface area contributed by atoms with Crippen molar-refractivity contribution in [2.24, 2.45) is 7.05 Å². The van der Waals surface area contributed by atoms with E-state index in [2.05, 4.69) is 27.1 Å². The molecule has 1 aliphatic rings. The van der Waals surface area contributed by atoms with Gasteiger partial charge in [-0.2, -0.15) is 16.9 Å². The molecule has 0 amide bonds. The highest BCUT2D eigenvalue weighted by atomic mass is 79.9. The molecular formula is C12H13BrN2OS2. The number of rotatable bonds is 2. The lowest BCUT2D eigenvalue weighted by Crippen LogP contribution is -2.05. The number of aliphatic hydroxyl groups excluding tert-OH is 1. The van der Waals surface area contributed by atoms with Crippen LogP contribution in [0.5, 0.6) is 0 Å². The Bertz CT molecular complexity index is 536. The van der Waals surface area contributed by atoms with Crippen LogP contribution in [0.15, 0.2) is 16.7 Å². The van der Waals surface area contributed by atoms with Gasteiger partial charge in [0, 0.05) is 22.6 Å². The first-order chi connectivity index (χ1) is 8.66. The summed E-state index contributed by atoms with van der Waals surface area (Å²) < 4.78 is 2.58. The fourth-order valence-electron chi connectivity index (χ4n) is 2.17. The molecule has 3 heterocycles. The Morgan fingerprint density at radius 3 is 3.06 bits per heavy atom. The molecule has 2 aromatic rings. The Kier molecular flexibility index (Phi) is 3.53. The normalized spacial score (nSPS) is 16.6. The number of nitrogens with zero attached hydrogens (tertiary/aromatic N) is 2. The van der Waals surface area contributed by atoms with Crippen molar-refractivity contribution >= 4 is 39.0 Å². The third kappa shape index (κ3) is 2.15. The minimum Gasteiger partial charge on any atom is -0.381 e. The maximum absolute atomic E-state index is 10.5. The summed E-state index contributed by atoms with van der Waals surface area (Å²) in [6, 6.07) is 2.15. The zero-order valence-electron chi connectivity index (χ0n) is 9.89. The van der Waals surface area contributed by atoms with Gasteiger partial charge in [0.25, 0.3) is 0 Å². The second-order valence-corrected chi connectivity index (χ2v) is 7.43. The molecule has 0 saturated carbocycles. The van der Waals surface area contributed by atoms with Gasteiger partial charge in [0.05, 0.1) is 16.4 Å². The van der Waals surface area contributed by atoms with Crippen molar-refractivity contribution in [2.45, 2.75) is 18.3 Å². The molecule has 0 bridgehead atoms. The Morgan fingerprint density at radius 1 is 1.56 bits per heavy atom. The van der Waals surface area contributed by atoms with E-state index in [9.17, 15) is 5.11 Å². The number of aryl methyl sites for hydroxylation is 2. The van der Waals surface area contributed by atoms with Gasteiger partial charge in [-0.3, -0.25) is 4.68 Å². The Labute approximate surface area is 122 Å². The van der Waals surface area contributed by atoms with Gasteiger partial charge in [-0.15, -0.1) is 11.3 Å². The summed E-state index contributed by atoms with van der Waals surface area (Å²) >= 11 is 7.14. The van der Waals surface area contributed by atoms with E-state index in [0.717, 1.165) is 27.2 Å². The Hall–Kier alpha value is -0.300. The van der Waals surface area contributed by atoms with E-state index in [4.69, 9.17) is 0 Å². The fourth-order valence-corrected chi connectivity index (χ4v) is 5.10. The zero-order chi connectivity index (χ0) is 12.7. The average molecular weight is 345 g/mol. The average Bonchev–Trinajstić information content (AvgIpc) is 2.92. The lowest BCUT2D eigenvalue weighted by Gasteiger charge is -2.09. The molecule has 0 radical (unpaired) electrons. The maximum Gasteiger partial charge on any atom is 0.131 e. The molecule has 3 nitrogen and oxygen atoms in total. The SMILES string of the molecule is Cn1ncc(Br)c1C(O)c1cc2c(s1)CCSC2. The number of thioether (sulfide) groups is 1. The number of hydrogen-bond acceptors (Lipinski definition) is 4. The quantitative estimate of drug-likeness (QED) is 0.909. The molecule has 96 valence electrons. The number of aliphatic hydroxyl groups is 1. The van der Waals surface area contributed by atoms with Crippen LogP contribution in [0.4, 0.5) is 0 Å². The molecule has 1 unspecified atom stereocenters. The highest BCUT2D eigenvalue weighted by Crippen LogP contribution is 2.37. The second-order valence-electron chi connectivity index (χ2n) is 4.30. The molecular weight excluding hydrogens is 332 g/mol. The summed E-state index contributed by atoms with van der Waals surface area (Å²) in [7, 11) is 1.85. The monoisotopic (exact) mass is 344 g/mol. The Morgan fingerprint density at radius 2 is 2.39 bits per heavy atom. The molecule has 0 fully saturated rings. The van der Waals surface area contributed by atoms with Crippen molar-refractivity contribution in [2.75, 3.05) is 5.75 Å². The molecule has 3 rings (SSSR count). The minimum atomic E-state index is -0.590. The summed E-state index contributed by atoms with van der Waals surface area (Å²) in [6.45, 7) is 0. The lowest BCUT2D eigenvalue weighted by atomic mass is 10.1. The smallest absolute Gasteiger partial charge is 0.131 e. The van der Waals surface area contributed by atoms with E-state index in [1.807, 2.05) is 18.8 Å². The van der Waals surface area contributed by atoms with Crippen LogP contribution in [-0.2, 0) is 19.2 Å². The van der Waals surface area contributed by atoms with Crippen molar-refractivity contribution in [1.29, 1.82) is 0 Å². The summed E-state index contributed by atoms with van der Waals surface area (Å²) in [4.78, 5) is 2.45. The van der Waals surface area contributed by atoms with E-state index in [1.54, 1.807) is 22.2 Å². The van der Waals surface area contributed by atoms with Gasteiger partial charge in [0.1, 0.15) is 6.10 Å². The van der Waals surface area contributed by atoms with Crippen LogP contribution >= 0.6 is 39.0 Å². The van der Waals surface area contributed by atoms with E-state index >= 15 is 0 Å². The van der Waals surface area contributed by atoms with E-state index in [0.29, 0.717) is 0 Å². The first-order valence-corrected chi connectivity index (χ1v) is 8.48. The summed E-state index contributed by atoms with van der Waals surface area (Å²) in [6.07, 6.45) is 2.26. The van der Waals surface area contributed by atoms with Crippen molar-refractivity contribution in [1.82, 2.24) is 9.78 Å². The van der Waals surface area contributed by atoms with Gasteiger partial charge in [0.15, 0.2) is 0 Å². The Balaban J connectivity index is 1.97. The zero-order valence-corrected chi connectivity index (χ0v) is 13.1. The topological polar surface area (TPSA) is 38.0 Å². The number of thiophene rings is 1. The largest absolute Gasteiger partial charge is 0.381 e.